The van der Waals surface area contributed by atoms with E-state index >= 15 is 0 Å². The van der Waals surface area contributed by atoms with E-state index in [1.54, 1.807) is 12.1 Å². The Morgan fingerprint density at radius 3 is 2.38 bits per heavy atom. The van der Waals surface area contributed by atoms with Crippen LogP contribution in [-0.2, 0) is 0 Å². The zero-order chi connectivity index (χ0) is 22.5. The van der Waals surface area contributed by atoms with Crippen LogP contribution in [0.2, 0.25) is 5.02 Å². The first-order valence-electron chi connectivity index (χ1n) is 11.7. The molecule has 0 atom stereocenters. The number of hydrogen-bond donors (Lipinski definition) is 2. The third-order valence-corrected chi connectivity index (χ3v) is 6.90. The fourth-order valence-electron chi connectivity index (χ4n) is 4.52. The van der Waals surface area contributed by atoms with Gasteiger partial charge in [0.15, 0.2) is 0 Å². The van der Waals surface area contributed by atoms with E-state index in [1.807, 2.05) is 6.07 Å². The van der Waals surface area contributed by atoms with Crippen LogP contribution in [0.25, 0.3) is 0 Å². The van der Waals surface area contributed by atoms with E-state index in [-0.39, 0.29) is 0 Å². The van der Waals surface area contributed by atoms with E-state index in [1.165, 1.54) is 25.7 Å². The van der Waals surface area contributed by atoms with E-state index in [9.17, 15) is 0 Å². The number of hydrogen-bond acceptors (Lipinski definition) is 7. The van der Waals surface area contributed by atoms with Gasteiger partial charge in [-0.2, -0.15) is 15.0 Å². The maximum absolute atomic E-state index is 7.79. The second-order valence-corrected chi connectivity index (χ2v) is 9.49. The number of nitrogens with one attached hydrogen (secondary N) is 2. The van der Waals surface area contributed by atoms with Crippen LogP contribution in [0.5, 0.6) is 5.75 Å². The Kier molecular flexibility index (Phi) is 7.52. The molecule has 174 valence electrons. The maximum Gasteiger partial charge on any atom is 0.272 e. The minimum Gasteiger partial charge on any atom is -0.592 e. The molecule has 0 amide bonds. The molecule has 1 aromatic carbocycles. The predicted octanol–water partition coefficient (Wildman–Crippen LogP) is 4.37. The van der Waals surface area contributed by atoms with Crippen LogP contribution in [0.1, 0.15) is 51.4 Å². The van der Waals surface area contributed by atoms with Crippen LogP contribution in [0.4, 0.5) is 23.5 Å². The number of piperidine rings is 1. The lowest BCUT2D eigenvalue weighted by atomic mass is 10.0. The molecule has 0 spiro atoms. The molecule has 1 saturated carbocycles. The molecule has 0 bridgehead atoms. The molecular formula is C23H35ClN7O+. The van der Waals surface area contributed by atoms with E-state index in [0.29, 0.717) is 40.7 Å². The van der Waals surface area contributed by atoms with Gasteiger partial charge in [-0.15, -0.1) is 0 Å². The largest absolute Gasteiger partial charge is 0.592 e. The lowest BCUT2D eigenvalue weighted by molar-refractivity contribution is 0.252. The van der Waals surface area contributed by atoms with Crippen LogP contribution in [0, 0.1) is 0 Å². The summed E-state index contributed by atoms with van der Waals surface area (Å²) >= 11 is 6.15. The first-order chi connectivity index (χ1) is 15.5. The summed E-state index contributed by atoms with van der Waals surface area (Å²) in [6, 6.07) is 6.01. The van der Waals surface area contributed by atoms with Crippen molar-refractivity contribution in [1.82, 2.24) is 19.9 Å². The third-order valence-electron chi connectivity index (χ3n) is 6.59. The number of likely N-dealkylation sites (tertiary alicyclic amines) is 1. The van der Waals surface area contributed by atoms with Crippen LogP contribution in [-0.4, -0.2) is 64.2 Å². The van der Waals surface area contributed by atoms with Gasteiger partial charge in [0.25, 0.3) is 5.75 Å². The highest BCUT2D eigenvalue weighted by Gasteiger charge is 2.24. The van der Waals surface area contributed by atoms with Gasteiger partial charge >= 0.3 is 0 Å². The number of halogens is 1. The highest BCUT2D eigenvalue weighted by Crippen LogP contribution is 2.28. The number of aromatic nitrogens is 3. The summed E-state index contributed by atoms with van der Waals surface area (Å²) in [5, 5.41) is 15.0. The van der Waals surface area contributed by atoms with Crippen molar-refractivity contribution in [2.75, 3.05) is 42.7 Å². The van der Waals surface area contributed by atoms with E-state index in [2.05, 4.69) is 39.5 Å². The predicted molar refractivity (Wildman–Crippen MR) is 132 cm³/mol. The van der Waals surface area contributed by atoms with Crippen LogP contribution >= 0.6 is 11.6 Å². The summed E-state index contributed by atoms with van der Waals surface area (Å²) in [6.45, 7) is 2.16. The van der Waals surface area contributed by atoms with Gasteiger partial charge in [0, 0.05) is 30.9 Å². The maximum atomic E-state index is 7.79. The zero-order valence-corrected chi connectivity index (χ0v) is 19.8. The Morgan fingerprint density at radius 1 is 1.00 bits per heavy atom. The zero-order valence-electron chi connectivity index (χ0n) is 19.1. The molecule has 9 heteroatoms. The number of anilines is 4. The molecular weight excluding hydrogens is 426 g/mol. The second kappa shape index (κ2) is 10.5. The van der Waals surface area contributed by atoms with E-state index in [4.69, 9.17) is 26.7 Å². The Balaban J connectivity index is 1.58. The van der Waals surface area contributed by atoms with E-state index < -0.39 is 0 Å². The molecule has 4 N–H and O–H groups in total. The molecule has 0 unspecified atom stereocenters. The fraction of sp³-hybridized carbons (Fsp3) is 0.609. The minimum absolute atomic E-state index is 0.297. The molecule has 8 nitrogen and oxygen atoms in total. The topological polar surface area (TPSA) is 92.1 Å². The van der Waals surface area contributed by atoms with Crippen molar-refractivity contribution in [3.8, 4) is 5.75 Å². The SMILES string of the molecule is CN1CCC(N(C)c2nc(Nc3ccc([OH2+])c(Cl)c3)nc(NC3CCCCCC3)n2)CC1. The summed E-state index contributed by atoms with van der Waals surface area (Å²) < 4.78 is 0. The van der Waals surface area contributed by atoms with Gasteiger partial charge in [-0.1, -0.05) is 37.3 Å². The van der Waals surface area contributed by atoms with Gasteiger partial charge in [0.2, 0.25) is 17.8 Å². The van der Waals surface area contributed by atoms with Crippen LogP contribution < -0.4 is 15.5 Å². The Bertz CT molecular complexity index is 896. The highest BCUT2D eigenvalue weighted by molar-refractivity contribution is 6.32. The summed E-state index contributed by atoms with van der Waals surface area (Å²) in [4.78, 5) is 18.8. The van der Waals surface area contributed by atoms with Crippen molar-refractivity contribution >= 4 is 35.1 Å². The molecule has 4 rings (SSSR count). The number of nitrogens with zero attached hydrogens (tertiary/aromatic N) is 5. The molecule has 2 aromatic rings. The average Bonchev–Trinajstić information content (AvgIpc) is 3.05. The normalized spacial score (nSPS) is 18.8. The smallest absolute Gasteiger partial charge is 0.272 e. The molecule has 2 heterocycles. The van der Waals surface area contributed by atoms with Crippen molar-refractivity contribution in [2.24, 2.45) is 0 Å². The Labute approximate surface area is 195 Å². The first-order valence-corrected chi connectivity index (χ1v) is 12.1. The summed E-state index contributed by atoms with van der Waals surface area (Å²) in [5.41, 5.74) is 0.755. The Hall–Kier alpha value is -2.32. The second-order valence-electron chi connectivity index (χ2n) is 9.08. The van der Waals surface area contributed by atoms with Crippen molar-refractivity contribution in [3.05, 3.63) is 23.2 Å². The van der Waals surface area contributed by atoms with Gasteiger partial charge in [0.1, 0.15) is 5.02 Å². The molecule has 1 aliphatic carbocycles. The highest BCUT2D eigenvalue weighted by atomic mass is 35.5. The first kappa shape index (κ1) is 22.9. The summed E-state index contributed by atoms with van der Waals surface area (Å²) in [7, 11) is 4.25. The third kappa shape index (κ3) is 5.92. The molecule has 1 aliphatic heterocycles. The molecule has 1 saturated heterocycles. The average molecular weight is 461 g/mol. The number of benzene rings is 1. The lowest BCUT2D eigenvalue weighted by Gasteiger charge is -2.35. The van der Waals surface area contributed by atoms with Gasteiger partial charge in [-0.05, 0) is 58.0 Å². The van der Waals surface area contributed by atoms with Gasteiger partial charge in [-0.25, -0.2) is 0 Å². The van der Waals surface area contributed by atoms with Crippen LogP contribution in [0.15, 0.2) is 18.2 Å². The van der Waals surface area contributed by atoms with Crippen LogP contribution in [0.3, 0.4) is 0 Å². The van der Waals surface area contributed by atoms with Crippen molar-refractivity contribution in [2.45, 2.75) is 63.5 Å². The van der Waals surface area contributed by atoms with Crippen molar-refractivity contribution in [1.29, 1.82) is 0 Å². The molecule has 1 aromatic heterocycles. The summed E-state index contributed by atoms with van der Waals surface area (Å²) in [6.07, 6.45) is 9.57. The van der Waals surface area contributed by atoms with Crippen molar-refractivity contribution in [3.63, 3.8) is 0 Å². The summed E-state index contributed by atoms with van der Waals surface area (Å²) in [5.74, 6) is 2.08. The van der Waals surface area contributed by atoms with Crippen molar-refractivity contribution < 1.29 is 5.11 Å². The monoisotopic (exact) mass is 460 g/mol. The molecule has 0 radical (unpaired) electrons. The van der Waals surface area contributed by atoms with Gasteiger partial charge < -0.3 is 25.5 Å². The van der Waals surface area contributed by atoms with Gasteiger partial charge in [0.05, 0.1) is 0 Å². The molecule has 32 heavy (non-hydrogen) atoms. The molecule has 2 aliphatic rings. The molecule has 2 fully saturated rings. The van der Waals surface area contributed by atoms with E-state index in [0.717, 1.165) is 44.5 Å². The Morgan fingerprint density at radius 2 is 1.69 bits per heavy atom. The standard InChI is InChI=1S/C23H34ClN7O/c1-30-13-11-18(12-14-30)31(2)23-28-21(25-16-7-5-3-4-6-8-16)27-22(29-23)26-17-9-10-20(32)19(24)15-17/h9-10,15-16,18,32H,3-8,11-14H2,1-2H3,(H2,25,26,27,28,29)/p+1. The number of rotatable bonds is 6. The quantitative estimate of drug-likeness (QED) is 0.488. The minimum atomic E-state index is 0.297. The van der Waals surface area contributed by atoms with Gasteiger partial charge in [-0.3, -0.25) is 0 Å². The lowest BCUT2D eigenvalue weighted by Crippen LogP contribution is -2.42. The fourth-order valence-corrected chi connectivity index (χ4v) is 4.70.